The molecular weight excluding hydrogens is 180 g/mol. The summed E-state index contributed by atoms with van der Waals surface area (Å²) in [4.78, 5) is 0. The van der Waals surface area contributed by atoms with Crippen molar-refractivity contribution in [1.29, 1.82) is 0 Å². The predicted octanol–water partition coefficient (Wildman–Crippen LogP) is 0.805. The van der Waals surface area contributed by atoms with Crippen LogP contribution in [0.1, 0.15) is 5.82 Å². The van der Waals surface area contributed by atoms with Crippen molar-refractivity contribution in [2.75, 3.05) is 6.61 Å². The van der Waals surface area contributed by atoms with Crippen molar-refractivity contribution >= 4 is 11.0 Å². The topological polar surface area (TPSA) is 41.1 Å². The van der Waals surface area contributed by atoms with Crippen LogP contribution in [0.25, 0.3) is 11.0 Å². The van der Waals surface area contributed by atoms with E-state index in [1.165, 1.54) is 0 Å². The maximum absolute atomic E-state index is 11.8. The summed E-state index contributed by atoms with van der Waals surface area (Å²) in [6.07, 6.45) is 0. The van der Waals surface area contributed by atoms with Gasteiger partial charge in [-0.2, -0.15) is 0 Å². The minimum Gasteiger partial charge on any atom is -0.710 e. The second-order valence-electron chi connectivity index (χ2n) is 3.40. The van der Waals surface area contributed by atoms with E-state index in [4.69, 9.17) is 4.74 Å². The average molecular weight is 190 g/mol. The second kappa shape index (κ2) is 2.72. The molecule has 0 bridgehead atoms. The highest BCUT2D eigenvalue weighted by atomic mass is 16.5. The van der Waals surface area contributed by atoms with Crippen molar-refractivity contribution in [1.82, 2.24) is 4.57 Å². The van der Waals surface area contributed by atoms with Crippen molar-refractivity contribution in [3.63, 3.8) is 0 Å². The van der Waals surface area contributed by atoms with Gasteiger partial charge in [0.2, 0.25) is 0 Å². The number of hydrogen-bond donors (Lipinski definition) is 0. The Morgan fingerprint density at radius 3 is 3.14 bits per heavy atom. The van der Waals surface area contributed by atoms with E-state index in [2.05, 4.69) is 0 Å². The van der Waals surface area contributed by atoms with Crippen LogP contribution in [0, 0.1) is 5.21 Å². The Morgan fingerprint density at radius 1 is 1.36 bits per heavy atom. The smallest absolute Gasteiger partial charge is 0.287 e. The van der Waals surface area contributed by atoms with Gasteiger partial charge in [0.1, 0.15) is 13.2 Å². The molecule has 72 valence electrons. The minimum atomic E-state index is 0.415. The molecule has 3 rings (SSSR count). The summed E-state index contributed by atoms with van der Waals surface area (Å²) in [7, 11) is 0. The minimum absolute atomic E-state index is 0.415. The number of aromatic nitrogens is 2. The monoisotopic (exact) mass is 190 g/mol. The normalized spacial score (nSPS) is 15.7. The van der Waals surface area contributed by atoms with Crippen LogP contribution in [0.2, 0.25) is 0 Å². The van der Waals surface area contributed by atoms with E-state index in [9.17, 15) is 5.21 Å². The molecule has 0 unspecified atom stereocenters. The summed E-state index contributed by atoms with van der Waals surface area (Å²) < 4.78 is 8.26. The van der Waals surface area contributed by atoms with E-state index in [1.54, 1.807) is 0 Å². The zero-order chi connectivity index (χ0) is 9.54. The van der Waals surface area contributed by atoms with E-state index >= 15 is 0 Å². The maximum Gasteiger partial charge on any atom is 0.287 e. The first-order valence-corrected chi connectivity index (χ1v) is 4.65. The molecule has 1 aliphatic rings. The highest BCUT2D eigenvalue weighted by Crippen LogP contribution is 2.16. The molecule has 1 aromatic carbocycles. The first-order valence-electron chi connectivity index (χ1n) is 4.65. The molecule has 0 spiro atoms. The number of hydrogen-bond acceptors (Lipinski definition) is 2. The number of para-hydroxylation sites is 2. The van der Waals surface area contributed by atoms with Crippen molar-refractivity contribution < 1.29 is 9.47 Å². The fourth-order valence-corrected chi connectivity index (χ4v) is 1.96. The molecule has 0 aliphatic carbocycles. The highest BCUT2D eigenvalue weighted by Gasteiger charge is 2.23. The van der Waals surface area contributed by atoms with Gasteiger partial charge in [0.25, 0.3) is 5.82 Å². The Balaban J connectivity index is 2.41. The molecule has 0 N–H and O–H groups in total. The third kappa shape index (κ3) is 0.886. The van der Waals surface area contributed by atoms with Gasteiger partial charge in [-0.05, 0) is 12.1 Å². The van der Waals surface area contributed by atoms with Gasteiger partial charge in [-0.25, -0.2) is 9.30 Å². The molecule has 1 aromatic heterocycles. The van der Waals surface area contributed by atoms with Gasteiger partial charge in [0.05, 0.1) is 6.61 Å². The lowest BCUT2D eigenvalue weighted by atomic mass is 10.3. The maximum atomic E-state index is 11.8. The van der Waals surface area contributed by atoms with Gasteiger partial charge < -0.3 is 9.94 Å². The Kier molecular flexibility index (Phi) is 1.52. The molecular formula is C10H10N2O2. The van der Waals surface area contributed by atoms with Crippen LogP contribution in [0.15, 0.2) is 24.3 Å². The van der Waals surface area contributed by atoms with E-state index in [0.29, 0.717) is 19.0 Å². The van der Waals surface area contributed by atoms with E-state index in [0.717, 1.165) is 22.3 Å². The predicted molar refractivity (Wildman–Crippen MR) is 50.6 cm³/mol. The van der Waals surface area contributed by atoms with Gasteiger partial charge >= 0.3 is 0 Å². The molecule has 1 aliphatic heterocycles. The van der Waals surface area contributed by atoms with Crippen molar-refractivity contribution in [3.05, 3.63) is 35.3 Å². The molecule has 2 aromatic rings. The summed E-state index contributed by atoms with van der Waals surface area (Å²) in [5, 5.41) is 11.8. The second-order valence-corrected chi connectivity index (χ2v) is 3.40. The Morgan fingerprint density at radius 2 is 2.21 bits per heavy atom. The number of rotatable bonds is 0. The Hall–Kier alpha value is -1.55. The van der Waals surface area contributed by atoms with Crippen LogP contribution in [-0.2, 0) is 17.9 Å². The van der Waals surface area contributed by atoms with Crippen LogP contribution in [0.4, 0.5) is 0 Å². The van der Waals surface area contributed by atoms with E-state index in [-0.39, 0.29) is 0 Å². The molecule has 0 saturated carbocycles. The van der Waals surface area contributed by atoms with Crippen molar-refractivity contribution in [3.8, 4) is 0 Å². The number of fused-ring (bicyclic) bond motifs is 3. The molecule has 0 amide bonds. The van der Waals surface area contributed by atoms with Gasteiger partial charge in [0, 0.05) is 0 Å². The Bertz CT molecular complexity index is 490. The van der Waals surface area contributed by atoms with Crippen molar-refractivity contribution in [2.45, 2.75) is 13.2 Å². The van der Waals surface area contributed by atoms with Gasteiger partial charge in [0.15, 0.2) is 11.0 Å². The molecule has 0 radical (unpaired) electrons. The quantitative estimate of drug-likeness (QED) is 0.455. The molecule has 4 heteroatoms. The summed E-state index contributed by atoms with van der Waals surface area (Å²) in [5.41, 5.74) is 1.73. The van der Waals surface area contributed by atoms with Crippen LogP contribution in [0.3, 0.4) is 0 Å². The fraction of sp³-hybridized carbons (Fsp3) is 0.300. The average Bonchev–Trinajstić information content (AvgIpc) is 2.55. The lowest BCUT2D eigenvalue weighted by molar-refractivity contribution is -0.591. The Labute approximate surface area is 80.9 Å². The van der Waals surface area contributed by atoms with Crippen LogP contribution >= 0.6 is 0 Å². The standard InChI is InChI=1S/C10H10N2O2/c13-12-9-4-2-1-3-8(9)11-5-6-14-7-10(11)12/h1-4H,5-7H2. The summed E-state index contributed by atoms with van der Waals surface area (Å²) in [6.45, 7) is 1.87. The molecule has 0 saturated heterocycles. The lowest BCUT2D eigenvalue weighted by Gasteiger charge is -2.11. The largest absolute Gasteiger partial charge is 0.710 e. The number of benzene rings is 1. The summed E-state index contributed by atoms with van der Waals surface area (Å²) >= 11 is 0. The molecule has 0 fully saturated rings. The fourth-order valence-electron chi connectivity index (χ4n) is 1.96. The third-order valence-corrected chi connectivity index (χ3v) is 2.63. The zero-order valence-electron chi connectivity index (χ0n) is 7.64. The third-order valence-electron chi connectivity index (χ3n) is 2.63. The number of imidazole rings is 1. The number of nitrogens with zero attached hydrogens (tertiary/aromatic N) is 2. The molecule has 14 heavy (non-hydrogen) atoms. The van der Waals surface area contributed by atoms with Gasteiger partial charge in [-0.1, -0.05) is 12.1 Å². The summed E-state index contributed by atoms with van der Waals surface area (Å²) in [5.74, 6) is 0.706. The molecule has 0 atom stereocenters. The van der Waals surface area contributed by atoms with E-state index in [1.807, 2.05) is 28.8 Å². The lowest BCUT2D eigenvalue weighted by Crippen LogP contribution is -2.34. The molecule has 2 heterocycles. The SMILES string of the molecule is [O-][n+]1c2n(c3ccccc31)CCOC2. The van der Waals surface area contributed by atoms with Crippen LogP contribution in [0.5, 0.6) is 0 Å². The number of ether oxygens (including phenoxy) is 1. The van der Waals surface area contributed by atoms with Gasteiger partial charge in [-0.3, -0.25) is 0 Å². The van der Waals surface area contributed by atoms with Crippen LogP contribution < -0.4 is 4.73 Å². The van der Waals surface area contributed by atoms with E-state index < -0.39 is 0 Å². The first-order chi connectivity index (χ1) is 6.88. The summed E-state index contributed by atoms with van der Waals surface area (Å²) in [6, 6.07) is 7.64. The van der Waals surface area contributed by atoms with Crippen LogP contribution in [-0.4, -0.2) is 11.2 Å². The highest BCUT2D eigenvalue weighted by molar-refractivity contribution is 5.72. The van der Waals surface area contributed by atoms with Gasteiger partial charge in [-0.15, -0.1) is 0 Å². The molecule has 4 nitrogen and oxygen atoms in total. The first kappa shape index (κ1) is 7.82. The zero-order valence-corrected chi connectivity index (χ0v) is 7.64. The van der Waals surface area contributed by atoms with Crippen molar-refractivity contribution in [2.24, 2.45) is 0 Å².